The SMILES string of the molecule is COCOc1c(Cl)cccc1C(=O)Cl. The van der Waals surface area contributed by atoms with Crippen LogP contribution in [0.5, 0.6) is 5.75 Å². The lowest BCUT2D eigenvalue weighted by Crippen LogP contribution is -2.03. The predicted octanol–water partition coefficient (Wildman–Crippen LogP) is 2.70. The number of hydrogen-bond donors (Lipinski definition) is 0. The number of rotatable bonds is 4. The van der Waals surface area contributed by atoms with Crippen LogP contribution in [-0.4, -0.2) is 19.1 Å². The first-order valence-electron chi connectivity index (χ1n) is 3.77. The summed E-state index contributed by atoms with van der Waals surface area (Å²) in [6.07, 6.45) is 0. The molecule has 0 bridgehead atoms. The van der Waals surface area contributed by atoms with Crippen LogP contribution in [0.2, 0.25) is 5.02 Å². The van der Waals surface area contributed by atoms with E-state index in [9.17, 15) is 4.79 Å². The van der Waals surface area contributed by atoms with Gasteiger partial charge in [-0.3, -0.25) is 4.79 Å². The van der Waals surface area contributed by atoms with Gasteiger partial charge in [0, 0.05) is 7.11 Å². The molecule has 0 fully saturated rings. The van der Waals surface area contributed by atoms with Crippen LogP contribution in [0, 0.1) is 0 Å². The van der Waals surface area contributed by atoms with Gasteiger partial charge in [0.25, 0.3) is 5.24 Å². The second-order valence-corrected chi connectivity index (χ2v) is 3.19. The molecule has 0 atom stereocenters. The Labute approximate surface area is 91.5 Å². The minimum atomic E-state index is -0.612. The second kappa shape index (κ2) is 5.20. The van der Waals surface area contributed by atoms with Gasteiger partial charge >= 0.3 is 0 Å². The lowest BCUT2D eigenvalue weighted by Gasteiger charge is -2.09. The Morgan fingerprint density at radius 3 is 2.79 bits per heavy atom. The zero-order valence-corrected chi connectivity index (χ0v) is 8.93. The number of carbonyl (C=O) groups is 1. The molecular formula is C9H8Cl2O3. The summed E-state index contributed by atoms with van der Waals surface area (Å²) < 4.78 is 9.82. The lowest BCUT2D eigenvalue weighted by atomic mass is 10.2. The number of methoxy groups -OCH3 is 1. The molecule has 0 amide bonds. The normalized spacial score (nSPS) is 9.93. The van der Waals surface area contributed by atoms with E-state index in [1.165, 1.54) is 13.2 Å². The van der Waals surface area contributed by atoms with Crippen molar-refractivity contribution in [2.45, 2.75) is 0 Å². The molecular weight excluding hydrogens is 227 g/mol. The second-order valence-electron chi connectivity index (χ2n) is 2.44. The van der Waals surface area contributed by atoms with E-state index in [0.717, 1.165) is 0 Å². The van der Waals surface area contributed by atoms with E-state index < -0.39 is 5.24 Å². The van der Waals surface area contributed by atoms with E-state index in [-0.39, 0.29) is 18.1 Å². The minimum absolute atomic E-state index is 0.0148. The number of hydrogen-bond acceptors (Lipinski definition) is 3. The summed E-state index contributed by atoms with van der Waals surface area (Å²) in [5, 5.41) is -0.285. The smallest absolute Gasteiger partial charge is 0.256 e. The molecule has 3 nitrogen and oxygen atoms in total. The molecule has 0 spiro atoms. The third-order valence-corrected chi connectivity index (χ3v) is 2.00. The molecule has 0 aliphatic carbocycles. The number of ether oxygens (including phenoxy) is 2. The standard InChI is InChI=1S/C9H8Cl2O3/c1-13-5-14-8-6(9(11)12)3-2-4-7(8)10/h2-4H,5H2,1H3. The Kier molecular flexibility index (Phi) is 4.20. The van der Waals surface area contributed by atoms with Crippen LogP contribution >= 0.6 is 23.2 Å². The van der Waals surface area contributed by atoms with Crippen molar-refractivity contribution >= 4 is 28.4 Å². The van der Waals surface area contributed by atoms with Crippen LogP contribution in [0.3, 0.4) is 0 Å². The topological polar surface area (TPSA) is 35.5 Å². The first kappa shape index (κ1) is 11.3. The fourth-order valence-electron chi connectivity index (χ4n) is 0.928. The van der Waals surface area contributed by atoms with Crippen LogP contribution in [-0.2, 0) is 4.74 Å². The lowest BCUT2D eigenvalue weighted by molar-refractivity contribution is 0.0505. The van der Waals surface area contributed by atoms with Gasteiger partial charge in [-0.05, 0) is 23.7 Å². The van der Waals surface area contributed by atoms with Crippen molar-refractivity contribution in [3.63, 3.8) is 0 Å². The number of carbonyl (C=O) groups excluding carboxylic acids is 1. The van der Waals surface area contributed by atoms with Gasteiger partial charge in [-0.25, -0.2) is 0 Å². The maximum Gasteiger partial charge on any atom is 0.256 e. The van der Waals surface area contributed by atoms with Crippen molar-refractivity contribution in [1.29, 1.82) is 0 Å². The Morgan fingerprint density at radius 1 is 1.50 bits per heavy atom. The van der Waals surface area contributed by atoms with Gasteiger partial charge in [0.15, 0.2) is 12.5 Å². The fraction of sp³-hybridized carbons (Fsp3) is 0.222. The molecule has 1 aromatic rings. The van der Waals surface area contributed by atoms with Crippen LogP contribution in [0.1, 0.15) is 10.4 Å². The van der Waals surface area contributed by atoms with E-state index in [1.807, 2.05) is 0 Å². The molecule has 0 aromatic heterocycles. The summed E-state index contributed by atoms with van der Waals surface area (Å²) in [6, 6.07) is 4.76. The zero-order valence-electron chi connectivity index (χ0n) is 7.42. The molecule has 0 unspecified atom stereocenters. The largest absolute Gasteiger partial charge is 0.465 e. The highest BCUT2D eigenvalue weighted by molar-refractivity contribution is 6.68. The van der Waals surface area contributed by atoms with E-state index in [2.05, 4.69) is 0 Å². The molecule has 0 saturated heterocycles. The Bertz CT molecular complexity index is 339. The molecule has 5 heteroatoms. The molecule has 0 aliphatic heterocycles. The van der Waals surface area contributed by atoms with Gasteiger partial charge in [-0.15, -0.1) is 0 Å². The molecule has 0 radical (unpaired) electrons. The molecule has 0 aliphatic rings. The molecule has 76 valence electrons. The summed E-state index contributed by atoms with van der Waals surface area (Å²) in [5.41, 5.74) is 0.233. The maximum absolute atomic E-state index is 11.0. The van der Waals surface area contributed by atoms with Crippen LogP contribution < -0.4 is 4.74 Å². The fourth-order valence-corrected chi connectivity index (χ4v) is 1.31. The molecule has 0 heterocycles. The van der Waals surface area contributed by atoms with Crippen LogP contribution in [0.25, 0.3) is 0 Å². The third kappa shape index (κ3) is 2.61. The highest BCUT2D eigenvalue weighted by Gasteiger charge is 2.13. The van der Waals surface area contributed by atoms with Crippen LogP contribution in [0.15, 0.2) is 18.2 Å². The summed E-state index contributed by atoms with van der Waals surface area (Å²) in [6.45, 7) is 0.0148. The molecule has 14 heavy (non-hydrogen) atoms. The Morgan fingerprint density at radius 2 is 2.21 bits per heavy atom. The van der Waals surface area contributed by atoms with Gasteiger partial charge < -0.3 is 9.47 Å². The van der Waals surface area contributed by atoms with Gasteiger partial charge in [0.05, 0.1) is 10.6 Å². The number of para-hydroxylation sites is 1. The third-order valence-electron chi connectivity index (χ3n) is 1.50. The van der Waals surface area contributed by atoms with Crippen molar-refractivity contribution in [3.05, 3.63) is 28.8 Å². The average molecular weight is 235 g/mol. The molecule has 1 aromatic carbocycles. The quantitative estimate of drug-likeness (QED) is 0.594. The summed E-state index contributed by atoms with van der Waals surface area (Å²) in [4.78, 5) is 11.0. The summed E-state index contributed by atoms with van der Waals surface area (Å²) >= 11 is 11.2. The Hall–Kier alpha value is -0.770. The number of halogens is 2. The minimum Gasteiger partial charge on any atom is -0.465 e. The van der Waals surface area contributed by atoms with Crippen LogP contribution in [0.4, 0.5) is 0 Å². The van der Waals surface area contributed by atoms with Gasteiger partial charge in [-0.2, -0.15) is 0 Å². The van der Waals surface area contributed by atoms with E-state index in [1.54, 1.807) is 12.1 Å². The summed E-state index contributed by atoms with van der Waals surface area (Å²) in [5.74, 6) is 0.246. The molecule has 0 N–H and O–H groups in total. The first-order chi connectivity index (χ1) is 6.66. The highest BCUT2D eigenvalue weighted by atomic mass is 35.5. The highest BCUT2D eigenvalue weighted by Crippen LogP contribution is 2.29. The van der Waals surface area contributed by atoms with E-state index >= 15 is 0 Å². The molecule has 1 rings (SSSR count). The van der Waals surface area contributed by atoms with E-state index in [4.69, 9.17) is 32.7 Å². The Balaban J connectivity index is 3.02. The number of benzene rings is 1. The van der Waals surface area contributed by atoms with Gasteiger partial charge in [0.1, 0.15) is 0 Å². The van der Waals surface area contributed by atoms with Crippen molar-refractivity contribution in [2.75, 3.05) is 13.9 Å². The van der Waals surface area contributed by atoms with Crippen molar-refractivity contribution in [3.8, 4) is 5.75 Å². The zero-order chi connectivity index (χ0) is 10.6. The van der Waals surface area contributed by atoms with Gasteiger partial charge in [0.2, 0.25) is 0 Å². The maximum atomic E-state index is 11.0. The predicted molar refractivity (Wildman–Crippen MR) is 54.1 cm³/mol. The van der Waals surface area contributed by atoms with Crippen molar-refractivity contribution in [2.24, 2.45) is 0 Å². The molecule has 0 saturated carbocycles. The van der Waals surface area contributed by atoms with Gasteiger partial charge in [-0.1, -0.05) is 17.7 Å². The summed E-state index contributed by atoms with van der Waals surface area (Å²) in [7, 11) is 1.47. The van der Waals surface area contributed by atoms with E-state index in [0.29, 0.717) is 5.02 Å². The van der Waals surface area contributed by atoms with Crippen molar-refractivity contribution in [1.82, 2.24) is 0 Å². The van der Waals surface area contributed by atoms with Crippen molar-refractivity contribution < 1.29 is 14.3 Å². The monoisotopic (exact) mass is 234 g/mol. The average Bonchev–Trinajstić information content (AvgIpc) is 2.15. The first-order valence-corrected chi connectivity index (χ1v) is 4.52.